The zero-order valence-corrected chi connectivity index (χ0v) is 7.63. The molecule has 0 spiro atoms. The van der Waals surface area contributed by atoms with Gasteiger partial charge >= 0.3 is 5.97 Å². The number of halogens is 1. The highest BCUT2D eigenvalue weighted by Crippen LogP contribution is 2.15. The molecule has 1 aromatic carbocycles. The Hall–Kier alpha value is -1.27. The number of carboxylic acids is 1. The van der Waals surface area contributed by atoms with E-state index in [-0.39, 0.29) is 5.56 Å². The van der Waals surface area contributed by atoms with E-state index in [0.717, 1.165) is 0 Å². The van der Waals surface area contributed by atoms with Gasteiger partial charge in [0, 0.05) is 10.0 Å². The maximum Gasteiger partial charge on any atom is 0.335 e. The lowest BCUT2D eigenvalue weighted by molar-refractivity contribution is 0.0697. The van der Waals surface area contributed by atoms with E-state index in [1.165, 1.54) is 12.1 Å². The molecule has 0 saturated carbocycles. The van der Waals surface area contributed by atoms with Crippen LogP contribution < -0.4 is 0 Å². The summed E-state index contributed by atoms with van der Waals surface area (Å²) in [4.78, 5) is 10.5. The summed E-state index contributed by atoms with van der Waals surface area (Å²) in [6.45, 7) is 0. The second-order valence-corrected chi connectivity index (χ2v) is 3.09. The first kappa shape index (κ1) is 8.82. The molecule has 60 valence electrons. The van der Waals surface area contributed by atoms with Crippen LogP contribution in [-0.2, 0) is 0 Å². The fourth-order valence-corrected chi connectivity index (χ4v) is 1.29. The molecule has 0 atom stereocenters. The Labute approximate surface area is 78.3 Å². The van der Waals surface area contributed by atoms with Crippen LogP contribution in [0.1, 0.15) is 15.9 Å². The number of carbonyl (C=O) groups is 1. The van der Waals surface area contributed by atoms with Crippen LogP contribution in [0.5, 0.6) is 0 Å². The highest BCUT2D eigenvalue weighted by Gasteiger charge is 2.04. The monoisotopic (exact) mass is 224 g/mol. The molecule has 0 aliphatic rings. The van der Waals surface area contributed by atoms with Crippen LogP contribution in [0.4, 0.5) is 0 Å². The minimum absolute atomic E-state index is 0.192. The van der Waals surface area contributed by atoms with E-state index in [1.54, 1.807) is 6.07 Å². The molecule has 1 rings (SSSR count). The highest BCUT2D eigenvalue weighted by molar-refractivity contribution is 9.10. The number of hydrogen-bond donors (Lipinski definition) is 1. The van der Waals surface area contributed by atoms with Gasteiger partial charge in [-0.3, -0.25) is 0 Å². The van der Waals surface area contributed by atoms with Crippen molar-refractivity contribution >= 4 is 21.9 Å². The number of aromatic carboxylic acids is 1. The Morgan fingerprint density at radius 2 is 2.17 bits per heavy atom. The summed E-state index contributed by atoms with van der Waals surface area (Å²) in [6.07, 6.45) is 5.12. The van der Waals surface area contributed by atoms with Crippen molar-refractivity contribution in [3.8, 4) is 12.3 Å². The van der Waals surface area contributed by atoms with Gasteiger partial charge in [0.05, 0.1) is 5.56 Å². The van der Waals surface area contributed by atoms with Crippen molar-refractivity contribution in [3.05, 3.63) is 33.8 Å². The molecule has 1 aromatic rings. The van der Waals surface area contributed by atoms with Gasteiger partial charge < -0.3 is 5.11 Å². The van der Waals surface area contributed by atoms with E-state index in [4.69, 9.17) is 11.5 Å². The predicted octanol–water partition coefficient (Wildman–Crippen LogP) is 2.13. The Morgan fingerprint density at radius 1 is 1.50 bits per heavy atom. The Kier molecular flexibility index (Phi) is 2.51. The fourth-order valence-electron chi connectivity index (χ4n) is 0.796. The third-order valence-electron chi connectivity index (χ3n) is 1.31. The fraction of sp³-hybridized carbons (Fsp3) is 0. The topological polar surface area (TPSA) is 37.3 Å². The molecular formula is C9H5BrO2. The maximum absolute atomic E-state index is 10.5. The van der Waals surface area contributed by atoms with Crippen molar-refractivity contribution in [1.82, 2.24) is 0 Å². The zero-order chi connectivity index (χ0) is 9.14. The van der Waals surface area contributed by atoms with E-state index in [9.17, 15) is 4.79 Å². The summed E-state index contributed by atoms with van der Waals surface area (Å²) < 4.78 is 0.676. The number of hydrogen-bond acceptors (Lipinski definition) is 1. The summed E-state index contributed by atoms with van der Waals surface area (Å²) in [5, 5.41) is 8.64. The average molecular weight is 225 g/mol. The van der Waals surface area contributed by atoms with Gasteiger partial charge in [0.2, 0.25) is 0 Å². The quantitative estimate of drug-likeness (QED) is 0.743. The second-order valence-electron chi connectivity index (χ2n) is 2.18. The van der Waals surface area contributed by atoms with Crippen LogP contribution in [0.25, 0.3) is 0 Å². The number of carboxylic acid groups (broad SMARTS) is 1. The number of rotatable bonds is 1. The molecule has 0 aromatic heterocycles. The molecule has 12 heavy (non-hydrogen) atoms. The first-order valence-corrected chi connectivity index (χ1v) is 3.93. The molecular weight excluding hydrogens is 220 g/mol. The van der Waals surface area contributed by atoms with Gasteiger partial charge in [-0.2, -0.15) is 0 Å². The third-order valence-corrected chi connectivity index (χ3v) is 1.77. The van der Waals surface area contributed by atoms with E-state index in [2.05, 4.69) is 21.9 Å². The van der Waals surface area contributed by atoms with Crippen LogP contribution >= 0.6 is 15.9 Å². The largest absolute Gasteiger partial charge is 0.478 e. The van der Waals surface area contributed by atoms with Gasteiger partial charge in [0.1, 0.15) is 0 Å². The van der Waals surface area contributed by atoms with Crippen molar-refractivity contribution in [3.63, 3.8) is 0 Å². The Balaban J connectivity index is 3.26. The third kappa shape index (κ3) is 1.86. The van der Waals surface area contributed by atoms with Crippen LogP contribution in [0.15, 0.2) is 22.7 Å². The summed E-state index contributed by atoms with van der Waals surface area (Å²) in [5.41, 5.74) is 0.749. The van der Waals surface area contributed by atoms with Crippen molar-refractivity contribution in [2.24, 2.45) is 0 Å². The van der Waals surface area contributed by atoms with Crippen LogP contribution in [0.3, 0.4) is 0 Å². The van der Waals surface area contributed by atoms with Crippen molar-refractivity contribution in [2.45, 2.75) is 0 Å². The minimum atomic E-state index is -0.979. The highest BCUT2D eigenvalue weighted by atomic mass is 79.9. The van der Waals surface area contributed by atoms with E-state index in [0.29, 0.717) is 10.0 Å². The first-order chi connectivity index (χ1) is 5.63. The van der Waals surface area contributed by atoms with Crippen molar-refractivity contribution in [2.75, 3.05) is 0 Å². The minimum Gasteiger partial charge on any atom is -0.478 e. The summed E-state index contributed by atoms with van der Waals surface area (Å²) in [7, 11) is 0. The lowest BCUT2D eigenvalue weighted by Crippen LogP contribution is -1.96. The smallest absolute Gasteiger partial charge is 0.335 e. The molecule has 0 unspecified atom stereocenters. The first-order valence-electron chi connectivity index (χ1n) is 3.14. The molecule has 0 radical (unpaired) electrons. The van der Waals surface area contributed by atoms with E-state index in [1.807, 2.05) is 0 Å². The van der Waals surface area contributed by atoms with Crippen molar-refractivity contribution < 1.29 is 9.90 Å². The molecule has 1 N–H and O–H groups in total. The number of terminal acetylenes is 1. The predicted molar refractivity (Wildman–Crippen MR) is 49.0 cm³/mol. The standard InChI is InChI=1S/C9H5BrO2/c1-2-6-3-7(9(11)12)5-8(10)4-6/h1,3-5H,(H,11,12). The summed E-state index contributed by atoms with van der Waals surface area (Å²) in [6, 6.07) is 4.64. The molecule has 2 nitrogen and oxygen atoms in total. The molecule has 0 bridgehead atoms. The van der Waals surface area contributed by atoms with Crippen LogP contribution in [0, 0.1) is 12.3 Å². The van der Waals surface area contributed by atoms with Crippen molar-refractivity contribution in [1.29, 1.82) is 0 Å². The van der Waals surface area contributed by atoms with E-state index >= 15 is 0 Å². The average Bonchev–Trinajstić information content (AvgIpc) is 2.03. The Morgan fingerprint density at radius 3 is 2.67 bits per heavy atom. The Bertz CT molecular complexity index is 363. The normalized spacial score (nSPS) is 9.00. The summed E-state index contributed by atoms with van der Waals surface area (Å²) in [5.74, 6) is 1.39. The lowest BCUT2D eigenvalue weighted by atomic mass is 10.1. The van der Waals surface area contributed by atoms with Gasteiger partial charge in [-0.1, -0.05) is 21.9 Å². The van der Waals surface area contributed by atoms with Gasteiger partial charge in [-0.25, -0.2) is 4.79 Å². The second kappa shape index (κ2) is 3.42. The molecule has 0 aliphatic carbocycles. The molecule has 0 heterocycles. The van der Waals surface area contributed by atoms with Crippen LogP contribution in [-0.4, -0.2) is 11.1 Å². The van der Waals surface area contributed by atoms with Gasteiger partial charge in [0.25, 0.3) is 0 Å². The van der Waals surface area contributed by atoms with Crippen LogP contribution in [0.2, 0.25) is 0 Å². The molecule has 0 saturated heterocycles. The molecule has 3 heteroatoms. The molecule has 0 amide bonds. The summed E-state index contributed by atoms with van der Waals surface area (Å²) >= 11 is 3.16. The maximum atomic E-state index is 10.5. The van der Waals surface area contributed by atoms with Gasteiger partial charge in [-0.05, 0) is 18.2 Å². The SMILES string of the molecule is C#Cc1cc(Br)cc(C(=O)O)c1. The van der Waals surface area contributed by atoms with Gasteiger partial charge in [0.15, 0.2) is 0 Å². The zero-order valence-electron chi connectivity index (χ0n) is 6.04. The molecule has 0 fully saturated rings. The van der Waals surface area contributed by atoms with E-state index < -0.39 is 5.97 Å². The lowest BCUT2D eigenvalue weighted by Gasteiger charge is -1.96. The van der Waals surface area contributed by atoms with Gasteiger partial charge in [-0.15, -0.1) is 6.42 Å². The number of benzene rings is 1. The molecule has 0 aliphatic heterocycles.